The molecule has 1 aromatic heterocycles. The summed E-state index contributed by atoms with van der Waals surface area (Å²) < 4.78 is 0. The van der Waals surface area contributed by atoms with E-state index < -0.39 is 0 Å². The summed E-state index contributed by atoms with van der Waals surface area (Å²) in [6.07, 6.45) is 4.31. The largest absolute Gasteiger partial charge is 0.307 e. The lowest BCUT2D eigenvalue weighted by Gasteiger charge is -2.26. The second-order valence-corrected chi connectivity index (χ2v) is 6.27. The van der Waals surface area contributed by atoms with E-state index in [2.05, 4.69) is 33.0 Å². The number of rotatable bonds is 4. The molecule has 0 saturated carbocycles. The zero-order valence-electron chi connectivity index (χ0n) is 10.8. The van der Waals surface area contributed by atoms with E-state index in [0.29, 0.717) is 6.04 Å². The molecule has 2 heterocycles. The van der Waals surface area contributed by atoms with Gasteiger partial charge < -0.3 is 10.2 Å². The summed E-state index contributed by atoms with van der Waals surface area (Å²) in [6.45, 7) is 4.78. The van der Waals surface area contributed by atoms with Gasteiger partial charge in [-0.25, -0.2) is 0 Å². The van der Waals surface area contributed by atoms with Gasteiger partial charge >= 0.3 is 0 Å². The lowest BCUT2D eigenvalue weighted by molar-refractivity contribution is 0.294. The van der Waals surface area contributed by atoms with Crippen molar-refractivity contribution >= 4 is 11.8 Å². The number of pyridine rings is 1. The van der Waals surface area contributed by atoms with E-state index in [0.717, 1.165) is 6.54 Å². The third-order valence-electron chi connectivity index (χ3n) is 3.88. The lowest BCUT2D eigenvalue weighted by Crippen LogP contribution is -2.38. The molecule has 4 heteroatoms. The van der Waals surface area contributed by atoms with Crippen molar-refractivity contribution in [1.29, 1.82) is 0 Å². The third-order valence-corrected chi connectivity index (χ3v) is 4.82. The zero-order chi connectivity index (χ0) is 12.2. The number of aromatic nitrogens is 1. The molecule has 1 atom stereocenters. The monoisotopic (exact) mass is 263 g/mol. The molecule has 0 spiro atoms. The van der Waals surface area contributed by atoms with Crippen LogP contribution in [-0.4, -0.2) is 47.6 Å². The van der Waals surface area contributed by atoms with Gasteiger partial charge in [0.15, 0.2) is 0 Å². The van der Waals surface area contributed by atoms with E-state index in [1.165, 1.54) is 55.2 Å². The molecule has 0 amide bonds. The fourth-order valence-electron chi connectivity index (χ4n) is 2.83. The van der Waals surface area contributed by atoms with Crippen molar-refractivity contribution in [2.75, 3.05) is 37.7 Å². The van der Waals surface area contributed by atoms with E-state index in [1.54, 1.807) is 0 Å². The van der Waals surface area contributed by atoms with Crippen molar-refractivity contribution in [2.24, 2.45) is 0 Å². The van der Waals surface area contributed by atoms with Gasteiger partial charge in [-0.15, -0.1) is 0 Å². The highest BCUT2D eigenvalue weighted by Gasteiger charge is 2.22. The van der Waals surface area contributed by atoms with Gasteiger partial charge in [-0.1, -0.05) is 6.07 Å². The molecule has 1 N–H and O–H groups in total. The summed E-state index contributed by atoms with van der Waals surface area (Å²) in [6, 6.07) is 4.75. The average molecular weight is 263 g/mol. The molecule has 1 aliphatic heterocycles. The van der Waals surface area contributed by atoms with Crippen LogP contribution in [0.25, 0.3) is 0 Å². The fourth-order valence-corrected chi connectivity index (χ4v) is 3.81. The van der Waals surface area contributed by atoms with Crippen LogP contribution < -0.4 is 5.32 Å². The minimum absolute atomic E-state index is 0.486. The molecule has 0 radical (unpaired) electrons. The molecule has 1 fully saturated rings. The topological polar surface area (TPSA) is 28.2 Å². The molecule has 98 valence electrons. The number of nitrogens with one attached hydrogen (secondary N) is 1. The Kier molecular flexibility index (Phi) is 4.18. The zero-order valence-corrected chi connectivity index (χ0v) is 11.6. The van der Waals surface area contributed by atoms with E-state index in [9.17, 15) is 0 Å². The second kappa shape index (κ2) is 6.04. The Morgan fingerprint density at radius 1 is 1.39 bits per heavy atom. The Morgan fingerprint density at radius 2 is 2.28 bits per heavy atom. The Morgan fingerprint density at radius 3 is 3.17 bits per heavy atom. The Bertz CT molecular complexity index is 390. The van der Waals surface area contributed by atoms with Gasteiger partial charge in [-0.3, -0.25) is 4.98 Å². The Labute approximate surface area is 113 Å². The number of hydrogen-bond acceptors (Lipinski definition) is 4. The van der Waals surface area contributed by atoms with Crippen molar-refractivity contribution in [1.82, 2.24) is 15.2 Å². The van der Waals surface area contributed by atoms with Crippen LogP contribution in [0.5, 0.6) is 0 Å². The van der Waals surface area contributed by atoms with Crippen LogP contribution in [0.15, 0.2) is 18.3 Å². The van der Waals surface area contributed by atoms with Crippen LogP contribution in [0, 0.1) is 0 Å². The Balaban J connectivity index is 1.47. The number of thioether (sulfide) groups is 1. The summed E-state index contributed by atoms with van der Waals surface area (Å²) in [4.78, 5) is 7.09. The standard InChI is InChI=1S/C14H21N3S/c1-2-12-3-4-13(14(12)16-5-1)15-6-7-17-8-10-18-11-9-17/h1-2,5,13,15H,3-4,6-11H2. The molecule has 18 heavy (non-hydrogen) atoms. The first-order valence-corrected chi connectivity index (χ1v) is 8.06. The van der Waals surface area contributed by atoms with Crippen LogP contribution in [0.4, 0.5) is 0 Å². The predicted octanol–water partition coefficient (Wildman–Crippen LogP) is 1.71. The van der Waals surface area contributed by atoms with Crippen molar-refractivity contribution in [3.05, 3.63) is 29.6 Å². The van der Waals surface area contributed by atoms with Gasteiger partial charge in [0.1, 0.15) is 0 Å². The highest BCUT2D eigenvalue weighted by Crippen LogP contribution is 2.28. The van der Waals surface area contributed by atoms with Crippen LogP contribution in [0.1, 0.15) is 23.7 Å². The molecule has 1 saturated heterocycles. The smallest absolute Gasteiger partial charge is 0.0605 e. The molecular formula is C14H21N3S. The van der Waals surface area contributed by atoms with Crippen LogP contribution in [-0.2, 0) is 6.42 Å². The molecule has 1 unspecified atom stereocenters. The fraction of sp³-hybridized carbons (Fsp3) is 0.643. The van der Waals surface area contributed by atoms with Crippen molar-refractivity contribution in [3.8, 4) is 0 Å². The van der Waals surface area contributed by atoms with E-state index in [-0.39, 0.29) is 0 Å². The first kappa shape index (κ1) is 12.5. The molecule has 0 aromatic carbocycles. The molecule has 1 aliphatic carbocycles. The van der Waals surface area contributed by atoms with Crippen LogP contribution in [0.3, 0.4) is 0 Å². The SMILES string of the molecule is c1cnc2c(c1)CCC2NCCN1CCSCC1. The van der Waals surface area contributed by atoms with Gasteiger partial charge in [-0.2, -0.15) is 11.8 Å². The highest BCUT2D eigenvalue weighted by molar-refractivity contribution is 7.99. The first-order valence-electron chi connectivity index (χ1n) is 6.91. The summed E-state index contributed by atoms with van der Waals surface area (Å²) >= 11 is 2.08. The van der Waals surface area contributed by atoms with Crippen LogP contribution in [0.2, 0.25) is 0 Å². The lowest BCUT2D eigenvalue weighted by atomic mass is 10.2. The van der Waals surface area contributed by atoms with E-state index >= 15 is 0 Å². The van der Waals surface area contributed by atoms with E-state index in [1.807, 2.05) is 12.3 Å². The molecule has 0 bridgehead atoms. The maximum absolute atomic E-state index is 4.53. The van der Waals surface area contributed by atoms with Crippen molar-refractivity contribution < 1.29 is 0 Å². The average Bonchev–Trinajstić information content (AvgIpc) is 2.84. The van der Waals surface area contributed by atoms with Crippen LogP contribution >= 0.6 is 11.8 Å². The Hall–Kier alpha value is -0.580. The molecular weight excluding hydrogens is 242 g/mol. The van der Waals surface area contributed by atoms with Gasteiger partial charge in [0.2, 0.25) is 0 Å². The molecule has 3 rings (SSSR count). The predicted molar refractivity (Wildman–Crippen MR) is 77.1 cm³/mol. The normalized spacial score (nSPS) is 24.1. The number of aryl methyl sites for hydroxylation is 1. The third kappa shape index (κ3) is 2.87. The number of nitrogens with zero attached hydrogens (tertiary/aromatic N) is 2. The quantitative estimate of drug-likeness (QED) is 0.895. The highest BCUT2D eigenvalue weighted by atomic mass is 32.2. The van der Waals surface area contributed by atoms with Gasteiger partial charge in [0.25, 0.3) is 0 Å². The van der Waals surface area contributed by atoms with Crippen molar-refractivity contribution in [2.45, 2.75) is 18.9 Å². The van der Waals surface area contributed by atoms with E-state index in [4.69, 9.17) is 0 Å². The first-order chi connectivity index (χ1) is 8.93. The second-order valence-electron chi connectivity index (χ2n) is 5.05. The number of hydrogen-bond donors (Lipinski definition) is 1. The summed E-state index contributed by atoms with van der Waals surface area (Å²) in [5.41, 5.74) is 2.72. The molecule has 1 aromatic rings. The van der Waals surface area contributed by atoms with Gasteiger partial charge in [0, 0.05) is 43.9 Å². The molecule has 2 aliphatic rings. The summed E-state index contributed by atoms with van der Waals surface area (Å²) in [5, 5.41) is 3.67. The minimum Gasteiger partial charge on any atom is -0.307 e. The van der Waals surface area contributed by atoms with Gasteiger partial charge in [0.05, 0.1) is 11.7 Å². The minimum atomic E-state index is 0.486. The van der Waals surface area contributed by atoms with Gasteiger partial charge in [-0.05, 0) is 24.5 Å². The summed E-state index contributed by atoms with van der Waals surface area (Å²) in [7, 11) is 0. The number of fused-ring (bicyclic) bond motifs is 1. The maximum atomic E-state index is 4.53. The maximum Gasteiger partial charge on any atom is 0.0605 e. The summed E-state index contributed by atoms with van der Waals surface area (Å²) in [5.74, 6) is 2.60. The van der Waals surface area contributed by atoms with Crippen molar-refractivity contribution in [3.63, 3.8) is 0 Å². The molecule has 3 nitrogen and oxygen atoms in total.